The predicted octanol–water partition coefficient (Wildman–Crippen LogP) is 1.75. The first-order valence-corrected chi connectivity index (χ1v) is 5.80. The van der Waals surface area contributed by atoms with E-state index in [2.05, 4.69) is 0 Å². The van der Waals surface area contributed by atoms with Gasteiger partial charge in [0.2, 0.25) is 0 Å². The number of β-amino-alcohol motifs (C(OH)–C–C–N with tert-alkyl or cyclic N) is 1. The summed E-state index contributed by atoms with van der Waals surface area (Å²) in [5.41, 5.74) is -0.466. The number of aliphatic hydroxyl groups is 1. The summed E-state index contributed by atoms with van der Waals surface area (Å²) in [7, 11) is 3.49. The Morgan fingerprint density at radius 1 is 1.47 bits per heavy atom. The lowest BCUT2D eigenvalue weighted by molar-refractivity contribution is -0.0295. The second kappa shape index (κ2) is 4.63. The monoisotopic (exact) mass is 239 g/mol. The molecule has 1 fully saturated rings. The molecule has 0 spiro atoms. The maximum atomic E-state index is 13.3. The van der Waals surface area contributed by atoms with Gasteiger partial charge in [-0.3, -0.25) is 0 Å². The average molecular weight is 239 g/mol. The molecule has 1 aliphatic heterocycles. The van der Waals surface area contributed by atoms with E-state index in [4.69, 9.17) is 4.74 Å². The van der Waals surface area contributed by atoms with Gasteiger partial charge in [0.1, 0.15) is 17.2 Å². The molecule has 1 unspecified atom stereocenters. The Morgan fingerprint density at radius 2 is 2.24 bits per heavy atom. The van der Waals surface area contributed by atoms with Crippen molar-refractivity contribution < 1.29 is 14.2 Å². The summed E-state index contributed by atoms with van der Waals surface area (Å²) in [5, 5.41) is 10.7. The van der Waals surface area contributed by atoms with Crippen LogP contribution in [0.4, 0.5) is 4.39 Å². The number of likely N-dealkylation sites (N-methyl/N-ethyl adjacent to an activating group) is 1. The second-order valence-electron chi connectivity index (χ2n) is 4.72. The Hall–Kier alpha value is -1.13. The fourth-order valence-electron chi connectivity index (χ4n) is 2.51. The van der Waals surface area contributed by atoms with Crippen molar-refractivity contribution in [1.82, 2.24) is 4.90 Å². The summed E-state index contributed by atoms with van der Waals surface area (Å²) in [6.45, 7) is 1.47. The van der Waals surface area contributed by atoms with Crippen molar-refractivity contribution >= 4 is 0 Å². The van der Waals surface area contributed by atoms with Gasteiger partial charge in [0.05, 0.1) is 7.11 Å². The standard InChI is InChI=1S/C13H18FNO2/c1-15-7-3-6-13(16,9-15)11-8-10(14)4-5-12(11)17-2/h4-5,8,16H,3,6-7,9H2,1-2H3. The normalized spacial score (nSPS) is 25.9. The minimum Gasteiger partial charge on any atom is -0.496 e. The van der Waals surface area contributed by atoms with Crippen LogP contribution in [0.15, 0.2) is 18.2 Å². The highest BCUT2D eigenvalue weighted by Crippen LogP contribution is 2.36. The number of hydrogen-bond acceptors (Lipinski definition) is 3. The third kappa shape index (κ3) is 2.42. The maximum Gasteiger partial charge on any atom is 0.125 e. The number of rotatable bonds is 2. The molecule has 1 N–H and O–H groups in total. The average Bonchev–Trinajstić information content (AvgIpc) is 2.28. The molecule has 1 aliphatic rings. The van der Waals surface area contributed by atoms with E-state index in [0.29, 0.717) is 24.3 Å². The second-order valence-corrected chi connectivity index (χ2v) is 4.72. The molecule has 0 saturated carbocycles. The molecule has 1 atom stereocenters. The van der Waals surface area contributed by atoms with Crippen molar-refractivity contribution in [3.63, 3.8) is 0 Å². The predicted molar refractivity (Wildman–Crippen MR) is 63.6 cm³/mol. The zero-order valence-electron chi connectivity index (χ0n) is 10.2. The Morgan fingerprint density at radius 3 is 2.88 bits per heavy atom. The SMILES string of the molecule is COc1ccc(F)cc1C1(O)CCCN(C)C1. The third-order valence-corrected chi connectivity index (χ3v) is 3.32. The van der Waals surface area contributed by atoms with Crippen LogP contribution in [0.2, 0.25) is 0 Å². The van der Waals surface area contributed by atoms with Crippen molar-refractivity contribution in [2.24, 2.45) is 0 Å². The molecule has 0 bridgehead atoms. The zero-order chi connectivity index (χ0) is 12.5. The van der Waals surface area contributed by atoms with Crippen LogP contribution in [0.1, 0.15) is 18.4 Å². The first-order chi connectivity index (χ1) is 8.05. The van der Waals surface area contributed by atoms with E-state index in [1.165, 1.54) is 19.2 Å². The highest BCUT2D eigenvalue weighted by molar-refractivity contribution is 5.39. The van der Waals surface area contributed by atoms with Crippen molar-refractivity contribution in [3.8, 4) is 5.75 Å². The summed E-state index contributed by atoms with van der Waals surface area (Å²) >= 11 is 0. The maximum absolute atomic E-state index is 13.3. The lowest BCUT2D eigenvalue weighted by Gasteiger charge is -2.38. The molecule has 4 heteroatoms. The first kappa shape index (κ1) is 12.3. The summed E-state index contributed by atoms with van der Waals surface area (Å²) in [6.07, 6.45) is 1.53. The topological polar surface area (TPSA) is 32.7 Å². The first-order valence-electron chi connectivity index (χ1n) is 5.80. The number of benzene rings is 1. The summed E-state index contributed by atoms with van der Waals surface area (Å²) in [6, 6.07) is 4.29. The van der Waals surface area contributed by atoms with Gasteiger partial charge in [0.25, 0.3) is 0 Å². The van der Waals surface area contributed by atoms with Crippen LogP contribution in [-0.4, -0.2) is 37.3 Å². The smallest absolute Gasteiger partial charge is 0.125 e. The number of piperidine rings is 1. The highest BCUT2D eigenvalue weighted by Gasteiger charge is 2.36. The van der Waals surface area contributed by atoms with Gasteiger partial charge in [-0.15, -0.1) is 0 Å². The fourth-order valence-corrected chi connectivity index (χ4v) is 2.51. The molecule has 2 rings (SSSR count). The quantitative estimate of drug-likeness (QED) is 0.853. The van der Waals surface area contributed by atoms with E-state index in [1.54, 1.807) is 6.07 Å². The number of hydrogen-bond donors (Lipinski definition) is 1. The molecule has 0 aliphatic carbocycles. The van der Waals surface area contributed by atoms with Crippen molar-refractivity contribution in [1.29, 1.82) is 0 Å². The number of nitrogens with zero attached hydrogens (tertiary/aromatic N) is 1. The number of likely N-dealkylation sites (tertiary alicyclic amines) is 1. The number of methoxy groups -OCH3 is 1. The minimum atomic E-state index is -1.01. The minimum absolute atomic E-state index is 0.345. The zero-order valence-corrected chi connectivity index (χ0v) is 10.2. The number of ether oxygens (including phenoxy) is 1. The van der Waals surface area contributed by atoms with E-state index >= 15 is 0 Å². The van der Waals surface area contributed by atoms with E-state index in [1.807, 2.05) is 11.9 Å². The molecular weight excluding hydrogens is 221 g/mol. The van der Waals surface area contributed by atoms with Crippen molar-refractivity contribution in [2.45, 2.75) is 18.4 Å². The van der Waals surface area contributed by atoms with Gasteiger partial charge < -0.3 is 14.7 Å². The summed E-state index contributed by atoms with van der Waals surface area (Å²) in [4.78, 5) is 2.05. The molecular formula is C13H18FNO2. The van der Waals surface area contributed by atoms with Crippen LogP contribution >= 0.6 is 0 Å². The van der Waals surface area contributed by atoms with E-state index in [-0.39, 0.29) is 5.82 Å². The Labute approximate surface area is 101 Å². The van der Waals surface area contributed by atoms with Gasteiger partial charge in [-0.05, 0) is 44.6 Å². The van der Waals surface area contributed by atoms with E-state index in [0.717, 1.165) is 13.0 Å². The van der Waals surface area contributed by atoms with Crippen molar-refractivity contribution in [2.75, 3.05) is 27.2 Å². The van der Waals surface area contributed by atoms with Gasteiger partial charge in [-0.2, -0.15) is 0 Å². The van der Waals surface area contributed by atoms with Crippen LogP contribution < -0.4 is 4.74 Å². The summed E-state index contributed by atoms with van der Waals surface area (Å²) in [5.74, 6) is 0.201. The van der Waals surface area contributed by atoms with E-state index < -0.39 is 5.60 Å². The molecule has 17 heavy (non-hydrogen) atoms. The molecule has 1 aromatic rings. The van der Waals surface area contributed by atoms with Crippen LogP contribution in [0.3, 0.4) is 0 Å². The molecule has 0 amide bonds. The molecule has 0 aromatic heterocycles. The van der Waals surface area contributed by atoms with Crippen LogP contribution in [0.5, 0.6) is 5.75 Å². The van der Waals surface area contributed by atoms with Crippen molar-refractivity contribution in [3.05, 3.63) is 29.6 Å². The third-order valence-electron chi connectivity index (χ3n) is 3.32. The van der Waals surface area contributed by atoms with Gasteiger partial charge >= 0.3 is 0 Å². The van der Waals surface area contributed by atoms with Gasteiger partial charge in [-0.1, -0.05) is 0 Å². The lowest BCUT2D eigenvalue weighted by Crippen LogP contribution is -2.44. The van der Waals surface area contributed by atoms with Crippen LogP contribution in [-0.2, 0) is 5.60 Å². The van der Waals surface area contributed by atoms with E-state index in [9.17, 15) is 9.50 Å². The largest absolute Gasteiger partial charge is 0.496 e. The molecule has 1 saturated heterocycles. The van der Waals surface area contributed by atoms with Crippen LogP contribution in [0, 0.1) is 5.82 Å². The Balaban J connectivity index is 2.40. The van der Waals surface area contributed by atoms with Gasteiger partial charge in [-0.25, -0.2) is 4.39 Å². The Bertz CT molecular complexity index is 410. The van der Waals surface area contributed by atoms with Gasteiger partial charge in [0, 0.05) is 12.1 Å². The highest BCUT2D eigenvalue weighted by atomic mass is 19.1. The molecule has 3 nitrogen and oxygen atoms in total. The molecule has 0 radical (unpaired) electrons. The molecule has 1 aromatic carbocycles. The fraction of sp³-hybridized carbons (Fsp3) is 0.538. The lowest BCUT2D eigenvalue weighted by atomic mass is 9.85. The molecule has 1 heterocycles. The molecule has 94 valence electrons. The summed E-state index contributed by atoms with van der Waals surface area (Å²) < 4.78 is 18.5. The number of halogens is 1. The Kier molecular flexibility index (Phi) is 3.35. The van der Waals surface area contributed by atoms with Gasteiger partial charge in [0.15, 0.2) is 0 Å². The van der Waals surface area contributed by atoms with Crippen LogP contribution in [0.25, 0.3) is 0 Å².